The highest BCUT2D eigenvalue weighted by atomic mass is 16.6. The van der Waals surface area contributed by atoms with E-state index < -0.39 is 5.54 Å². The minimum absolute atomic E-state index is 0.0394. The molecule has 1 aliphatic heterocycles. The molecule has 1 saturated carbocycles. The number of ether oxygens (including phenoxy) is 3. The van der Waals surface area contributed by atoms with Gasteiger partial charge in [-0.25, -0.2) is 0 Å². The molecule has 0 bridgehead atoms. The summed E-state index contributed by atoms with van der Waals surface area (Å²) in [5, 5.41) is 2.89. The molecule has 0 spiro atoms. The van der Waals surface area contributed by atoms with Crippen LogP contribution in [0.2, 0.25) is 0 Å². The van der Waals surface area contributed by atoms with Gasteiger partial charge in [-0.15, -0.1) is 0 Å². The lowest BCUT2D eigenvalue weighted by Crippen LogP contribution is -2.76. The maximum atomic E-state index is 12.4. The molecular formula is C14H26N2O4. The van der Waals surface area contributed by atoms with E-state index in [-0.39, 0.29) is 23.5 Å². The molecule has 0 aromatic heterocycles. The number of carbonyl (C=O) groups is 1. The zero-order valence-corrected chi connectivity index (χ0v) is 12.6. The minimum atomic E-state index is -0.873. The second-order valence-electron chi connectivity index (χ2n) is 6.12. The third-order valence-electron chi connectivity index (χ3n) is 4.61. The van der Waals surface area contributed by atoms with Crippen LogP contribution >= 0.6 is 0 Å². The van der Waals surface area contributed by atoms with Crippen LogP contribution in [0.1, 0.15) is 27.2 Å². The van der Waals surface area contributed by atoms with Crippen molar-refractivity contribution in [3.63, 3.8) is 0 Å². The molecule has 1 heterocycles. The molecule has 0 aromatic rings. The molecule has 2 aliphatic rings. The second kappa shape index (κ2) is 5.97. The van der Waals surface area contributed by atoms with E-state index in [1.165, 1.54) is 0 Å². The SMILES string of the molecule is CCOC1CC(N)(C(=O)NCC2COCCO2)C1(C)C. The van der Waals surface area contributed by atoms with Crippen molar-refractivity contribution in [3.05, 3.63) is 0 Å². The average molecular weight is 286 g/mol. The zero-order valence-electron chi connectivity index (χ0n) is 12.6. The first-order chi connectivity index (χ1) is 9.41. The van der Waals surface area contributed by atoms with Gasteiger partial charge in [-0.1, -0.05) is 13.8 Å². The smallest absolute Gasteiger partial charge is 0.240 e. The van der Waals surface area contributed by atoms with E-state index in [2.05, 4.69) is 5.32 Å². The Balaban J connectivity index is 1.85. The molecule has 116 valence electrons. The Hall–Kier alpha value is -0.690. The Bertz CT molecular complexity index is 355. The van der Waals surface area contributed by atoms with Crippen LogP contribution in [0.4, 0.5) is 0 Å². The molecule has 6 heteroatoms. The number of carbonyl (C=O) groups excluding carboxylic acids is 1. The van der Waals surface area contributed by atoms with Crippen molar-refractivity contribution >= 4 is 5.91 Å². The lowest BCUT2D eigenvalue weighted by Gasteiger charge is -2.57. The molecule has 2 fully saturated rings. The molecule has 0 aromatic carbocycles. The molecule has 3 atom stereocenters. The van der Waals surface area contributed by atoms with Crippen molar-refractivity contribution in [2.45, 2.75) is 44.9 Å². The summed E-state index contributed by atoms with van der Waals surface area (Å²) in [5.41, 5.74) is 5.06. The summed E-state index contributed by atoms with van der Waals surface area (Å²) >= 11 is 0. The average Bonchev–Trinajstić information content (AvgIpc) is 2.45. The Morgan fingerprint density at radius 2 is 2.20 bits per heavy atom. The summed E-state index contributed by atoms with van der Waals surface area (Å²) in [5.74, 6) is -0.132. The van der Waals surface area contributed by atoms with Crippen LogP contribution in [0.3, 0.4) is 0 Å². The normalized spacial score (nSPS) is 36.2. The van der Waals surface area contributed by atoms with E-state index in [9.17, 15) is 4.79 Å². The molecule has 3 N–H and O–H groups in total. The van der Waals surface area contributed by atoms with Gasteiger partial charge in [0.15, 0.2) is 0 Å². The summed E-state index contributed by atoms with van der Waals surface area (Å²) in [6.45, 7) is 8.70. The first-order valence-corrected chi connectivity index (χ1v) is 7.30. The van der Waals surface area contributed by atoms with Crippen molar-refractivity contribution in [1.82, 2.24) is 5.32 Å². The van der Waals surface area contributed by atoms with Crippen molar-refractivity contribution in [3.8, 4) is 0 Å². The molecule has 2 rings (SSSR count). The molecule has 3 unspecified atom stereocenters. The summed E-state index contributed by atoms with van der Waals surface area (Å²) in [7, 11) is 0. The van der Waals surface area contributed by atoms with Crippen LogP contribution in [0.15, 0.2) is 0 Å². The van der Waals surface area contributed by atoms with Gasteiger partial charge in [0.2, 0.25) is 5.91 Å². The third kappa shape index (κ3) is 2.70. The van der Waals surface area contributed by atoms with Gasteiger partial charge in [-0.2, -0.15) is 0 Å². The van der Waals surface area contributed by atoms with Gasteiger partial charge < -0.3 is 25.3 Å². The van der Waals surface area contributed by atoms with E-state index >= 15 is 0 Å². The predicted molar refractivity (Wildman–Crippen MR) is 74.3 cm³/mol. The Kier molecular flexibility index (Phi) is 4.69. The highest BCUT2D eigenvalue weighted by Crippen LogP contribution is 2.49. The van der Waals surface area contributed by atoms with Gasteiger partial charge in [0, 0.05) is 25.0 Å². The number of rotatable bonds is 5. The molecule has 0 radical (unpaired) electrons. The minimum Gasteiger partial charge on any atom is -0.378 e. The zero-order chi connectivity index (χ0) is 14.8. The van der Waals surface area contributed by atoms with Crippen LogP contribution in [-0.2, 0) is 19.0 Å². The molecule has 6 nitrogen and oxygen atoms in total. The number of hydrogen-bond donors (Lipinski definition) is 2. The predicted octanol–water partition coefficient (Wildman–Crippen LogP) is 0.0505. The maximum absolute atomic E-state index is 12.4. The number of nitrogens with two attached hydrogens (primary N) is 1. The lowest BCUT2D eigenvalue weighted by molar-refractivity contribution is -0.171. The van der Waals surface area contributed by atoms with Crippen molar-refractivity contribution in [2.75, 3.05) is 33.0 Å². The van der Waals surface area contributed by atoms with Gasteiger partial charge in [0.1, 0.15) is 5.54 Å². The van der Waals surface area contributed by atoms with Crippen LogP contribution in [-0.4, -0.2) is 56.6 Å². The monoisotopic (exact) mass is 286 g/mol. The first-order valence-electron chi connectivity index (χ1n) is 7.30. The van der Waals surface area contributed by atoms with E-state index in [4.69, 9.17) is 19.9 Å². The lowest BCUT2D eigenvalue weighted by atomic mass is 9.54. The summed E-state index contributed by atoms with van der Waals surface area (Å²) in [4.78, 5) is 12.4. The molecule has 1 aliphatic carbocycles. The van der Waals surface area contributed by atoms with Crippen LogP contribution < -0.4 is 11.1 Å². The largest absolute Gasteiger partial charge is 0.378 e. The highest BCUT2D eigenvalue weighted by molar-refractivity contribution is 5.88. The van der Waals surface area contributed by atoms with Crippen molar-refractivity contribution in [2.24, 2.45) is 11.1 Å². The van der Waals surface area contributed by atoms with E-state index in [0.29, 0.717) is 39.4 Å². The van der Waals surface area contributed by atoms with Crippen LogP contribution in [0.5, 0.6) is 0 Å². The molecule has 20 heavy (non-hydrogen) atoms. The highest BCUT2D eigenvalue weighted by Gasteiger charge is 2.62. The van der Waals surface area contributed by atoms with Gasteiger partial charge >= 0.3 is 0 Å². The van der Waals surface area contributed by atoms with Crippen LogP contribution in [0, 0.1) is 5.41 Å². The fourth-order valence-corrected chi connectivity index (χ4v) is 2.84. The van der Waals surface area contributed by atoms with Gasteiger partial charge in [0.25, 0.3) is 0 Å². The second-order valence-corrected chi connectivity index (χ2v) is 6.12. The topological polar surface area (TPSA) is 82.8 Å². The summed E-state index contributed by atoms with van der Waals surface area (Å²) in [6, 6.07) is 0. The van der Waals surface area contributed by atoms with Gasteiger partial charge in [-0.05, 0) is 6.92 Å². The van der Waals surface area contributed by atoms with Gasteiger partial charge in [0.05, 0.1) is 32.0 Å². The van der Waals surface area contributed by atoms with E-state index in [1.807, 2.05) is 20.8 Å². The summed E-state index contributed by atoms with van der Waals surface area (Å²) in [6.07, 6.45) is 0.515. The fourth-order valence-electron chi connectivity index (χ4n) is 2.84. The summed E-state index contributed by atoms with van der Waals surface area (Å²) < 4.78 is 16.4. The Labute approximate surface area is 120 Å². The Morgan fingerprint density at radius 1 is 1.45 bits per heavy atom. The molecule has 1 amide bonds. The number of amides is 1. The third-order valence-corrected chi connectivity index (χ3v) is 4.61. The van der Waals surface area contributed by atoms with Crippen molar-refractivity contribution in [1.29, 1.82) is 0 Å². The maximum Gasteiger partial charge on any atom is 0.240 e. The van der Waals surface area contributed by atoms with E-state index in [0.717, 1.165) is 0 Å². The first kappa shape index (κ1) is 15.7. The standard InChI is InChI=1S/C14H26N2O4/c1-4-19-11-7-14(15,13(11,2)3)12(17)16-8-10-9-18-5-6-20-10/h10-11H,4-9,15H2,1-3H3,(H,16,17). The van der Waals surface area contributed by atoms with Crippen molar-refractivity contribution < 1.29 is 19.0 Å². The van der Waals surface area contributed by atoms with Gasteiger partial charge in [-0.3, -0.25) is 4.79 Å². The van der Waals surface area contributed by atoms with Crippen LogP contribution in [0.25, 0.3) is 0 Å². The molecular weight excluding hydrogens is 260 g/mol. The van der Waals surface area contributed by atoms with E-state index in [1.54, 1.807) is 0 Å². The Morgan fingerprint density at radius 3 is 2.75 bits per heavy atom. The quantitative estimate of drug-likeness (QED) is 0.746. The fraction of sp³-hybridized carbons (Fsp3) is 0.929. The molecule has 1 saturated heterocycles. The number of hydrogen-bond acceptors (Lipinski definition) is 5. The number of nitrogens with one attached hydrogen (secondary N) is 1.